The van der Waals surface area contributed by atoms with Gasteiger partial charge in [-0.25, -0.2) is 0 Å². The number of hydrogen-bond donors (Lipinski definition) is 1. The molecule has 1 atom stereocenters. The predicted octanol–water partition coefficient (Wildman–Crippen LogP) is 2.18. The van der Waals surface area contributed by atoms with Gasteiger partial charge in [0, 0.05) is 25.3 Å². The highest BCUT2D eigenvalue weighted by atomic mass is 15.2. The number of hydrogen-bond acceptors (Lipinski definition) is 3. The van der Waals surface area contributed by atoms with Crippen molar-refractivity contribution in [3.8, 4) is 0 Å². The minimum atomic E-state index is 0.711. The number of piperidine rings is 1. The van der Waals surface area contributed by atoms with E-state index < -0.39 is 0 Å². The van der Waals surface area contributed by atoms with Crippen LogP contribution in [0.5, 0.6) is 0 Å². The van der Waals surface area contributed by atoms with Crippen molar-refractivity contribution in [1.29, 1.82) is 0 Å². The van der Waals surface area contributed by atoms with Crippen LogP contribution in [0.2, 0.25) is 0 Å². The molecule has 0 bridgehead atoms. The van der Waals surface area contributed by atoms with Crippen LogP contribution in [0.4, 0.5) is 0 Å². The van der Waals surface area contributed by atoms with E-state index in [2.05, 4.69) is 34.3 Å². The summed E-state index contributed by atoms with van der Waals surface area (Å²) >= 11 is 0. The van der Waals surface area contributed by atoms with Gasteiger partial charge in [0.05, 0.1) is 5.69 Å². The Labute approximate surface area is 104 Å². The summed E-state index contributed by atoms with van der Waals surface area (Å²) in [7, 11) is 1.96. The molecule has 0 spiro atoms. The lowest BCUT2D eigenvalue weighted by atomic mass is 10.0. The van der Waals surface area contributed by atoms with Crippen molar-refractivity contribution in [2.24, 2.45) is 0 Å². The van der Waals surface area contributed by atoms with Crippen LogP contribution in [0.15, 0.2) is 18.3 Å². The highest BCUT2D eigenvalue weighted by Gasteiger charge is 2.18. The van der Waals surface area contributed by atoms with Gasteiger partial charge in [0.2, 0.25) is 0 Å². The summed E-state index contributed by atoms with van der Waals surface area (Å²) < 4.78 is 0. The standard InChI is InChI=1S/C14H23N3/c1-12-5-3-4-8-17(12)11-14-7-6-13(9-15-2)10-16-14/h6-7,10,12,15H,3-5,8-9,11H2,1-2H3. The zero-order valence-electron chi connectivity index (χ0n) is 10.9. The van der Waals surface area contributed by atoms with E-state index in [4.69, 9.17) is 0 Å². The molecule has 2 heterocycles. The predicted molar refractivity (Wildman–Crippen MR) is 70.7 cm³/mol. The van der Waals surface area contributed by atoms with Gasteiger partial charge in [0.25, 0.3) is 0 Å². The summed E-state index contributed by atoms with van der Waals surface area (Å²) in [6, 6.07) is 5.05. The molecule has 17 heavy (non-hydrogen) atoms. The molecule has 1 aromatic rings. The van der Waals surface area contributed by atoms with Crippen molar-refractivity contribution >= 4 is 0 Å². The average Bonchev–Trinajstić information content (AvgIpc) is 2.35. The van der Waals surface area contributed by atoms with E-state index in [1.165, 1.54) is 37.1 Å². The molecular formula is C14H23N3. The number of likely N-dealkylation sites (tertiary alicyclic amines) is 1. The van der Waals surface area contributed by atoms with Crippen molar-refractivity contribution < 1.29 is 0 Å². The van der Waals surface area contributed by atoms with Crippen LogP contribution in [-0.2, 0) is 13.1 Å². The first kappa shape index (κ1) is 12.5. The molecule has 1 fully saturated rings. The van der Waals surface area contributed by atoms with E-state index in [0.29, 0.717) is 6.04 Å². The van der Waals surface area contributed by atoms with Gasteiger partial charge in [0.1, 0.15) is 0 Å². The second kappa shape index (κ2) is 6.12. The van der Waals surface area contributed by atoms with Gasteiger partial charge in [-0.05, 0) is 45.0 Å². The van der Waals surface area contributed by atoms with E-state index in [1.54, 1.807) is 0 Å². The second-order valence-electron chi connectivity index (χ2n) is 5.00. The maximum absolute atomic E-state index is 4.54. The van der Waals surface area contributed by atoms with Crippen LogP contribution < -0.4 is 5.32 Å². The highest BCUT2D eigenvalue weighted by Crippen LogP contribution is 2.18. The fourth-order valence-electron chi connectivity index (χ4n) is 2.46. The number of rotatable bonds is 4. The summed E-state index contributed by atoms with van der Waals surface area (Å²) in [4.78, 5) is 7.09. The van der Waals surface area contributed by atoms with Crippen molar-refractivity contribution in [1.82, 2.24) is 15.2 Å². The fraction of sp³-hybridized carbons (Fsp3) is 0.643. The first-order chi connectivity index (χ1) is 8.29. The third-order valence-electron chi connectivity index (χ3n) is 3.57. The first-order valence-corrected chi connectivity index (χ1v) is 6.62. The van der Waals surface area contributed by atoms with Gasteiger partial charge in [-0.1, -0.05) is 12.5 Å². The summed E-state index contributed by atoms with van der Waals surface area (Å²) in [5, 5.41) is 3.14. The maximum atomic E-state index is 4.54. The molecule has 1 unspecified atom stereocenters. The Hall–Kier alpha value is -0.930. The largest absolute Gasteiger partial charge is 0.316 e. The van der Waals surface area contributed by atoms with Gasteiger partial charge < -0.3 is 5.32 Å². The third-order valence-corrected chi connectivity index (χ3v) is 3.57. The van der Waals surface area contributed by atoms with Gasteiger partial charge in [-0.3, -0.25) is 9.88 Å². The minimum absolute atomic E-state index is 0.711. The smallest absolute Gasteiger partial charge is 0.0544 e. The van der Waals surface area contributed by atoms with Crippen molar-refractivity contribution in [2.75, 3.05) is 13.6 Å². The number of nitrogens with zero attached hydrogens (tertiary/aromatic N) is 2. The summed E-state index contributed by atoms with van der Waals surface area (Å²) in [5.74, 6) is 0. The van der Waals surface area contributed by atoms with Crippen molar-refractivity contribution in [2.45, 2.75) is 45.3 Å². The molecule has 0 radical (unpaired) electrons. The number of nitrogens with one attached hydrogen (secondary N) is 1. The number of pyridine rings is 1. The molecule has 1 aromatic heterocycles. The Morgan fingerprint density at radius 2 is 2.29 bits per heavy atom. The Morgan fingerprint density at radius 1 is 1.41 bits per heavy atom. The maximum Gasteiger partial charge on any atom is 0.0544 e. The molecule has 1 N–H and O–H groups in total. The minimum Gasteiger partial charge on any atom is -0.316 e. The van der Waals surface area contributed by atoms with E-state index in [-0.39, 0.29) is 0 Å². The highest BCUT2D eigenvalue weighted by molar-refractivity contribution is 5.14. The summed E-state index contributed by atoms with van der Waals surface area (Å²) in [6.07, 6.45) is 6.03. The molecule has 1 aliphatic heterocycles. The topological polar surface area (TPSA) is 28.2 Å². The normalized spacial score (nSPS) is 21.6. The third kappa shape index (κ3) is 3.51. The number of aromatic nitrogens is 1. The second-order valence-corrected chi connectivity index (χ2v) is 5.00. The average molecular weight is 233 g/mol. The van der Waals surface area contributed by atoms with Crippen LogP contribution in [0.25, 0.3) is 0 Å². The zero-order valence-corrected chi connectivity index (χ0v) is 10.9. The van der Waals surface area contributed by atoms with Gasteiger partial charge >= 0.3 is 0 Å². The van der Waals surface area contributed by atoms with Crippen LogP contribution in [0, 0.1) is 0 Å². The van der Waals surface area contributed by atoms with Crippen molar-refractivity contribution in [3.05, 3.63) is 29.6 Å². The molecule has 94 valence electrons. The molecule has 2 rings (SSSR count). The molecule has 0 aliphatic carbocycles. The molecule has 3 nitrogen and oxygen atoms in total. The van der Waals surface area contributed by atoms with E-state index in [1.807, 2.05) is 13.2 Å². The van der Waals surface area contributed by atoms with Crippen molar-refractivity contribution in [3.63, 3.8) is 0 Å². The molecule has 0 saturated carbocycles. The van der Waals surface area contributed by atoms with E-state index >= 15 is 0 Å². The quantitative estimate of drug-likeness (QED) is 0.864. The van der Waals surface area contributed by atoms with Crippen LogP contribution in [-0.4, -0.2) is 29.5 Å². The first-order valence-electron chi connectivity index (χ1n) is 6.62. The lowest BCUT2D eigenvalue weighted by molar-refractivity contribution is 0.151. The Morgan fingerprint density at radius 3 is 2.94 bits per heavy atom. The van der Waals surface area contributed by atoms with Gasteiger partial charge in [-0.15, -0.1) is 0 Å². The molecule has 0 amide bonds. The van der Waals surface area contributed by atoms with Gasteiger partial charge in [0.15, 0.2) is 0 Å². The monoisotopic (exact) mass is 233 g/mol. The van der Waals surface area contributed by atoms with Gasteiger partial charge in [-0.2, -0.15) is 0 Å². The van der Waals surface area contributed by atoms with Crippen LogP contribution in [0.1, 0.15) is 37.4 Å². The fourth-order valence-corrected chi connectivity index (χ4v) is 2.46. The molecule has 0 aromatic carbocycles. The van der Waals surface area contributed by atoms with Crippen LogP contribution >= 0.6 is 0 Å². The Balaban J connectivity index is 1.93. The molecule has 3 heteroatoms. The van der Waals surface area contributed by atoms with E-state index in [0.717, 1.165) is 13.1 Å². The Kier molecular flexibility index (Phi) is 4.51. The van der Waals surface area contributed by atoms with E-state index in [9.17, 15) is 0 Å². The summed E-state index contributed by atoms with van der Waals surface area (Å²) in [6.45, 7) is 5.45. The lowest BCUT2D eigenvalue weighted by Crippen LogP contribution is -2.36. The lowest BCUT2D eigenvalue weighted by Gasteiger charge is -2.32. The summed E-state index contributed by atoms with van der Waals surface area (Å²) in [5.41, 5.74) is 2.45. The SMILES string of the molecule is CNCc1ccc(CN2CCCCC2C)nc1. The molecular weight excluding hydrogens is 210 g/mol. The van der Waals surface area contributed by atoms with Crippen LogP contribution in [0.3, 0.4) is 0 Å². The zero-order chi connectivity index (χ0) is 12.1. The Bertz CT molecular complexity index is 334. The molecule has 1 aliphatic rings. The molecule has 1 saturated heterocycles.